The van der Waals surface area contributed by atoms with Crippen molar-refractivity contribution in [2.75, 3.05) is 32.0 Å². The Labute approximate surface area is 97.9 Å². The van der Waals surface area contributed by atoms with Crippen LogP contribution in [0.4, 0.5) is 0 Å². The average Bonchev–Trinajstić information content (AvgIpc) is 2.60. The third kappa shape index (κ3) is 3.16. The predicted octanol–water partition coefficient (Wildman–Crippen LogP) is -0.372. The van der Waals surface area contributed by atoms with Crippen molar-refractivity contribution in [1.82, 2.24) is 9.62 Å². The molecule has 0 aliphatic carbocycles. The van der Waals surface area contributed by atoms with Crippen molar-refractivity contribution in [1.29, 1.82) is 0 Å². The van der Waals surface area contributed by atoms with Gasteiger partial charge in [0, 0.05) is 13.1 Å². The van der Waals surface area contributed by atoms with Crippen LogP contribution in [-0.4, -0.2) is 55.9 Å². The van der Waals surface area contributed by atoms with Gasteiger partial charge in [0.05, 0.1) is 18.4 Å². The van der Waals surface area contributed by atoms with Gasteiger partial charge in [0.25, 0.3) is 0 Å². The molecule has 0 saturated carbocycles. The molecule has 1 aliphatic heterocycles. The molecule has 1 saturated heterocycles. The minimum Gasteiger partial charge on any atom is -0.395 e. The van der Waals surface area contributed by atoms with Crippen molar-refractivity contribution in [3.8, 4) is 0 Å². The second-order valence-corrected chi connectivity index (χ2v) is 6.34. The summed E-state index contributed by atoms with van der Waals surface area (Å²) < 4.78 is 25.5. The predicted molar refractivity (Wildman–Crippen MR) is 63.7 cm³/mol. The van der Waals surface area contributed by atoms with Gasteiger partial charge in [-0.15, -0.1) is 0 Å². The third-order valence-corrected chi connectivity index (χ3v) is 5.05. The molecule has 0 aromatic rings. The zero-order valence-corrected chi connectivity index (χ0v) is 10.8. The summed E-state index contributed by atoms with van der Waals surface area (Å²) in [7, 11) is -3.22. The lowest BCUT2D eigenvalue weighted by atomic mass is 10.0. The van der Waals surface area contributed by atoms with Crippen LogP contribution >= 0.6 is 0 Å². The SMILES string of the molecule is CCNCCS(=O)(=O)N1CCC(C)C1CO. The Kier molecular flexibility index (Phi) is 5.17. The Morgan fingerprint density at radius 1 is 1.50 bits per heavy atom. The van der Waals surface area contributed by atoms with Crippen molar-refractivity contribution < 1.29 is 13.5 Å². The average molecular weight is 250 g/mol. The maximum absolute atomic E-state index is 12.0. The van der Waals surface area contributed by atoms with E-state index in [0.29, 0.717) is 13.1 Å². The van der Waals surface area contributed by atoms with Crippen LogP contribution in [0.5, 0.6) is 0 Å². The summed E-state index contributed by atoms with van der Waals surface area (Å²) in [4.78, 5) is 0. The van der Waals surface area contributed by atoms with Crippen molar-refractivity contribution in [3.63, 3.8) is 0 Å². The van der Waals surface area contributed by atoms with E-state index in [0.717, 1.165) is 13.0 Å². The highest BCUT2D eigenvalue weighted by Gasteiger charge is 2.37. The highest BCUT2D eigenvalue weighted by Crippen LogP contribution is 2.26. The molecule has 0 bridgehead atoms. The summed E-state index contributed by atoms with van der Waals surface area (Å²) in [6.07, 6.45) is 0.839. The summed E-state index contributed by atoms with van der Waals surface area (Å²) >= 11 is 0. The van der Waals surface area contributed by atoms with Gasteiger partial charge in [0.15, 0.2) is 0 Å². The number of rotatable bonds is 6. The molecule has 0 spiro atoms. The molecule has 1 rings (SSSR count). The highest BCUT2D eigenvalue weighted by molar-refractivity contribution is 7.89. The largest absolute Gasteiger partial charge is 0.395 e. The van der Waals surface area contributed by atoms with Crippen molar-refractivity contribution in [2.24, 2.45) is 5.92 Å². The van der Waals surface area contributed by atoms with Crippen molar-refractivity contribution in [3.05, 3.63) is 0 Å². The molecule has 1 aliphatic rings. The van der Waals surface area contributed by atoms with E-state index in [4.69, 9.17) is 0 Å². The van der Waals surface area contributed by atoms with E-state index in [1.165, 1.54) is 4.31 Å². The number of hydrogen-bond acceptors (Lipinski definition) is 4. The van der Waals surface area contributed by atoms with E-state index in [1.807, 2.05) is 13.8 Å². The lowest BCUT2D eigenvalue weighted by molar-refractivity contribution is 0.191. The summed E-state index contributed by atoms with van der Waals surface area (Å²) in [5, 5.41) is 12.2. The number of nitrogens with zero attached hydrogens (tertiary/aromatic N) is 1. The van der Waals surface area contributed by atoms with E-state index < -0.39 is 10.0 Å². The molecule has 5 nitrogen and oxygen atoms in total. The van der Waals surface area contributed by atoms with Gasteiger partial charge in [-0.1, -0.05) is 13.8 Å². The fourth-order valence-electron chi connectivity index (χ4n) is 2.08. The first kappa shape index (κ1) is 13.9. The zero-order chi connectivity index (χ0) is 12.2. The van der Waals surface area contributed by atoms with Crippen molar-refractivity contribution >= 4 is 10.0 Å². The summed E-state index contributed by atoms with van der Waals surface area (Å²) in [6.45, 7) is 5.64. The van der Waals surface area contributed by atoms with Gasteiger partial charge in [0.2, 0.25) is 10.0 Å². The lowest BCUT2D eigenvalue weighted by Crippen LogP contribution is -2.42. The van der Waals surface area contributed by atoms with E-state index in [9.17, 15) is 13.5 Å². The Balaban J connectivity index is 2.61. The second-order valence-electron chi connectivity index (χ2n) is 4.30. The number of aliphatic hydroxyl groups is 1. The topological polar surface area (TPSA) is 69.6 Å². The van der Waals surface area contributed by atoms with E-state index >= 15 is 0 Å². The molecule has 96 valence electrons. The van der Waals surface area contributed by atoms with Crippen molar-refractivity contribution in [2.45, 2.75) is 26.3 Å². The fraction of sp³-hybridized carbons (Fsp3) is 1.00. The Bertz CT molecular complexity index is 305. The Morgan fingerprint density at radius 3 is 2.75 bits per heavy atom. The smallest absolute Gasteiger partial charge is 0.215 e. The van der Waals surface area contributed by atoms with Gasteiger partial charge in [-0.2, -0.15) is 4.31 Å². The summed E-state index contributed by atoms with van der Waals surface area (Å²) in [6, 6.07) is -0.230. The quantitative estimate of drug-likeness (QED) is 0.631. The normalized spacial score (nSPS) is 27.4. The first-order chi connectivity index (χ1) is 7.53. The summed E-state index contributed by atoms with van der Waals surface area (Å²) in [5.74, 6) is 0.364. The number of sulfonamides is 1. The van der Waals surface area contributed by atoms with Gasteiger partial charge in [-0.25, -0.2) is 8.42 Å². The maximum atomic E-state index is 12.0. The summed E-state index contributed by atoms with van der Waals surface area (Å²) in [5.41, 5.74) is 0. The van der Waals surface area contributed by atoms with Crippen LogP contribution in [-0.2, 0) is 10.0 Å². The highest BCUT2D eigenvalue weighted by atomic mass is 32.2. The first-order valence-electron chi connectivity index (χ1n) is 5.84. The minimum atomic E-state index is -3.22. The number of nitrogens with one attached hydrogen (secondary N) is 1. The monoisotopic (exact) mass is 250 g/mol. The molecule has 0 radical (unpaired) electrons. The van der Waals surface area contributed by atoms with Crippen LogP contribution < -0.4 is 5.32 Å². The molecule has 16 heavy (non-hydrogen) atoms. The van der Waals surface area contributed by atoms with Crippen LogP contribution in [0.1, 0.15) is 20.3 Å². The molecule has 6 heteroatoms. The molecule has 0 amide bonds. The van der Waals surface area contributed by atoms with E-state index in [1.54, 1.807) is 0 Å². The van der Waals surface area contributed by atoms with Crippen LogP contribution in [0.3, 0.4) is 0 Å². The fourth-order valence-corrected chi connectivity index (χ4v) is 3.79. The number of aliphatic hydroxyl groups excluding tert-OH is 1. The first-order valence-corrected chi connectivity index (χ1v) is 7.45. The van der Waals surface area contributed by atoms with E-state index in [-0.39, 0.29) is 24.3 Å². The van der Waals surface area contributed by atoms with Crippen LogP contribution in [0.15, 0.2) is 0 Å². The van der Waals surface area contributed by atoms with Gasteiger partial charge in [0.1, 0.15) is 0 Å². The van der Waals surface area contributed by atoms with Crippen LogP contribution in [0.2, 0.25) is 0 Å². The van der Waals surface area contributed by atoms with Crippen LogP contribution in [0, 0.1) is 5.92 Å². The Hall–Kier alpha value is -0.170. The molecule has 0 aromatic carbocycles. The molecule has 2 N–H and O–H groups in total. The third-order valence-electron chi connectivity index (χ3n) is 3.16. The van der Waals surface area contributed by atoms with Gasteiger partial charge in [-0.3, -0.25) is 0 Å². The molecule has 2 unspecified atom stereocenters. The minimum absolute atomic E-state index is 0.0817. The molecule has 1 heterocycles. The second kappa shape index (κ2) is 5.95. The molecular formula is C10H22N2O3S. The number of hydrogen-bond donors (Lipinski definition) is 2. The van der Waals surface area contributed by atoms with Gasteiger partial charge in [-0.05, 0) is 18.9 Å². The van der Waals surface area contributed by atoms with E-state index in [2.05, 4.69) is 5.32 Å². The molecule has 0 aromatic heterocycles. The van der Waals surface area contributed by atoms with Gasteiger partial charge < -0.3 is 10.4 Å². The van der Waals surface area contributed by atoms with Gasteiger partial charge >= 0.3 is 0 Å². The van der Waals surface area contributed by atoms with Crippen LogP contribution in [0.25, 0.3) is 0 Å². The maximum Gasteiger partial charge on any atom is 0.215 e. The zero-order valence-electron chi connectivity index (χ0n) is 10.0. The molecular weight excluding hydrogens is 228 g/mol. The lowest BCUT2D eigenvalue weighted by Gasteiger charge is -2.24. The standard InChI is InChI=1S/C10H22N2O3S/c1-3-11-5-7-16(14,15)12-6-4-9(2)10(12)8-13/h9-11,13H,3-8H2,1-2H3. The molecule has 2 atom stereocenters. The Morgan fingerprint density at radius 2 is 2.19 bits per heavy atom. The molecule has 1 fully saturated rings.